The number of hydrogen-bond donors (Lipinski definition) is 1. The Hall–Kier alpha value is -0.660. The maximum atomic E-state index is 12.3. The Balaban J connectivity index is 3.33. The van der Waals surface area contributed by atoms with Crippen molar-refractivity contribution in [1.29, 1.82) is 0 Å². The highest BCUT2D eigenvalue weighted by atomic mass is 127. The number of methoxy groups -OCH3 is 1. The molecule has 0 saturated carbocycles. The molecule has 0 saturated heterocycles. The fraction of sp³-hybridized carbons (Fsp3) is 0.286. The lowest BCUT2D eigenvalue weighted by Gasteiger charge is -2.05. The lowest BCUT2D eigenvalue weighted by molar-refractivity contribution is 0.143. The summed E-state index contributed by atoms with van der Waals surface area (Å²) in [5.41, 5.74) is -0.864. The average molecular weight is 301 g/mol. The van der Waals surface area contributed by atoms with Gasteiger partial charge in [-0.3, -0.25) is 4.79 Å². The van der Waals surface area contributed by atoms with Crippen molar-refractivity contribution in [3.63, 3.8) is 0 Å². The molecule has 1 heterocycles. The SMILES string of the molecule is COc1cc(=O)c(I)c(C(F)F)[nH]1. The van der Waals surface area contributed by atoms with Crippen LogP contribution in [0.4, 0.5) is 8.78 Å². The van der Waals surface area contributed by atoms with Gasteiger partial charge in [0, 0.05) is 6.07 Å². The summed E-state index contributed by atoms with van der Waals surface area (Å²) in [6, 6.07) is 1.13. The zero-order valence-electron chi connectivity index (χ0n) is 6.61. The van der Waals surface area contributed by atoms with E-state index in [9.17, 15) is 13.6 Å². The minimum absolute atomic E-state index is 0.00611. The Bertz CT molecular complexity index is 364. The van der Waals surface area contributed by atoms with Crippen molar-refractivity contribution in [2.75, 3.05) is 7.11 Å². The van der Waals surface area contributed by atoms with Gasteiger partial charge in [0.2, 0.25) is 0 Å². The van der Waals surface area contributed by atoms with Crippen molar-refractivity contribution >= 4 is 22.6 Å². The van der Waals surface area contributed by atoms with Crippen molar-refractivity contribution in [3.05, 3.63) is 25.6 Å². The van der Waals surface area contributed by atoms with E-state index in [0.29, 0.717) is 0 Å². The van der Waals surface area contributed by atoms with Crippen molar-refractivity contribution in [2.45, 2.75) is 6.43 Å². The van der Waals surface area contributed by atoms with Crippen LogP contribution in [0.3, 0.4) is 0 Å². The van der Waals surface area contributed by atoms with E-state index in [1.165, 1.54) is 7.11 Å². The molecule has 1 aromatic rings. The molecule has 0 aromatic carbocycles. The van der Waals surface area contributed by atoms with Gasteiger partial charge in [0.1, 0.15) is 5.69 Å². The van der Waals surface area contributed by atoms with Crippen LogP contribution < -0.4 is 10.2 Å². The van der Waals surface area contributed by atoms with Crippen LogP contribution in [0.1, 0.15) is 12.1 Å². The van der Waals surface area contributed by atoms with Gasteiger partial charge in [0.25, 0.3) is 6.43 Å². The molecule has 3 nitrogen and oxygen atoms in total. The second-order valence-corrected chi connectivity index (χ2v) is 3.31. The average Bonchev–Trinajstić information content (AvgIpc) is 2.09. The predicted octanol–water partition coefficient (Wildman–Crippen LogP) is 1.93. The van der Waals surface area contributed by atoms with Crippen LogP contribution >= 0.6 is 22.6 Å². The second kappa shape index (κ2) is 4.03. The quantitative estimate of drug-likeness (QED) is 0.848. The monoisotopic (exact) mass is 301 g/mol. The molecule has 1 rings (SSSR count). The van der Waals surface area contributed by atoms with E-state index in [0.717, 1.165) is 6.07 Å². The van der Waals surface area contributed by atoms with Gasteiger partial charge >= 0.3 is 0 Å². The number of H-pyrrole nitrogens is 1. The molecular formula is C7H6F2INO2. The lowest BCUT2D eigenvalue weighted by atomic mass is 10.3. The number of pyridine rings is 1. The molecule has 6 heteroatoms. The van der Waals surface area contributed by atoms with E-state index < -0.39 is 17.5 Å². The van der Waals surface area contributed by atoms with Gasteiger partial charge in [-0.1, -0.05) is 0 Å². The molecule has 0 fully saturated rings. The standard InChI is InChI=1S/C7H6F2INO2/c1-13-4-2-3(12)5(10)6(11-4)7(8)9/h2,7H,1H3,(H,11,12). The predicted molar refractivity (Wildman–Crippen MR) is 51.3 cm³/mol. The second-order valence-electron chi connectivity index (χ2n) is 2.23. The number of ether oxygens (including phenoxy) is 1. The number of halogens is 3. The number of rotatable bonds is 2. The lowest BCUT2D eigenvalue weighted by Crippen LogP contribution is -2.11. The molecule has 0 bridgehead atoms. The minimum Gasteiger partial charge on any atom is -0.482 e. The van der Waals surface area contributed by atoms with Gasteiger partial charge in [-0.2, -0.15) is 0 Å². The first-order valence-electron chi connectivity index (χ1n) is 3.31. The van der Waals surface area contributed by atoms with E-state index >= 15 is 0 Å². The van der Waals surface area contributed by atoms with Gasteiger partial charge in [-0.15, -0.1) is 0 Å². The smallest absolute Gasteiger partial charge is 0.279 e. The van der Waals surface area contributed by atoms with E-state index in [1.54, 1.807) is 22.6 Å². The summed E-state index contributed by atoms with van der Waals surface area (Å²) in [6.45, 7) is 0. The maximum absolute atomic E-state index is 12.3. The van der Waals surface area contributed by atoms with Crippen LogP contribution in [-0.4, -0.2) is 12.1 Å². The Labute approximate surface area is 86.2 Å². The molecule has 13 heavy (non-hydrogen) atoms. The number of nitrogens with one attached hydrogen (secondary N) is 1. The van der Waals surface area contributed by atoms with Crippen LogP contribution in [0.25, 0.3) is 0 Å². The zero-order valence-corrected chi connectivity index (χ0v) is 8.76. The van der Waals surface area contributed by atoms with E-state index in [-0.39, 0.29) is 9.45 Å². The molecule has 72 valence electrons. The molecule has 1 N–H and O–H groups in total. The first kappa shape index (κ1) is 10.4. The van der Waals surface area contributed by atoms with Gasteiger partial charge in [-0.05, 0) is 22.6 Å². The van der Waals surface area contributed by atoms with Gasteiger partial charge in [-0.25, -0.2) is 8.78 Å². The summed E-state index contributed by atoms with van der Waals surface area (Å²) in [4.78, 5) is 13.4. The van der Waals surface area contributed by atoms with Crippen molar-refractivity contribution in [3.8, 4) is 5.88 Å². The van der Waals surface area contributed by atoms with Gasteiger partial charge in [0.15, 0.2) is 11.3 Å². The molecule has 0 radical (unpaired) electrons. The molecular weight excluding hydrogens is 295 g/mol. The Kier molecular flexibility index (Phi) is 3.23. The third-order valence-electron chi connectivity index (χ3n) is 1.41. The number of alkyl halides is 2. The van der Waals surface area contributed by atoms with E-state index in [1.807, 2.05) is 0 Å². The highest BCUT2D eigenvalue weighted by Crippen LogP contribution is 2.21. The first-order chi connectivity index (χ1) is 6.06. The number of aromatic amines is 1. The normalized spacial score (nSPS) is 10.5. The summed E-state index contributed by atoms with van der Waals surface area (Å²) in [5.74, 6) is 0.0423. The van der Waals surface area contributed by atoms with Gasteiger partial charge < -0.3 is 9.72 Å². The van der Waals surface area contributed by atoms with E-state index in [4.69, 9.17) is 0 Å². The maximum Gasteiger partial charge on any atom is 0.279 e. The van der Waals surface area contributed by atoms with Crippen molar-refractivity contribution < 1.29 is 13.5 Å². The molecule has 0 spiro atoms. The summed E-state index contributed by atoms with van der Waals surface area (Å²) >= 11 is 1.57. The molecule has 0 amide bonds. The molecule has 0 aliphatic heterocycles. The Morgan fingerprint density at radius 2 is 2.23 bits per heavy atom. The van der Waals surface area contributed by atoms with Crippen LogP contribution in [0, 0.1) is 3.57 Å². The molecule has 0 unspecified atom stereocenters. The third kappa shape index (κ3) is 2.17. The molecule has 0 aliphatic carbocycles. The summed E-state index contributed by atoms with van der Waals surface area (Å²) in [6.07, 6.45) is -2.70. The topological polar surface area (TPSA) is 42.1 Å². The fourth-order valence-electron chi connectivity index (χ4n) is 0.799. The molecule has 1 aromatic heterocycles. The Morgan fingerprint density at radius 1 is 1.62 bits per heavy atom. The number of hydrogen-bond acceptors (Lipinski definition) is 2. The zero-order chi connectivity index (χ0) is 10.0. The van der Waals surface area contributed by atoms with Crippen LogP contribution in [0.2, 0.25) is 0 Å². The highest BCUT2D eigenvalue weighted by molar-refractivity contribution is 14.1. The van der Waals surface area contributed by atoms with Crippen LogP contribution in [0.15, 0.2) is 10.9 Å². The summed E-state index contributed by atoms with van der Waals surface area (Å²) < 4.78 is 29.2. The molecule has 0 aliphatic rings. The van der Waals surface area contributed by atoms with Crippen molar-refractivity contribution in [2.24, 2.45) is 0 Å². The van der Waals surface area contributed by atoms with E-state index in [2.05, 4.69) is 9.72 Å². The summed E-state index contributed by atoms with van der Waals surface area (Å²) in [5, 5.41) is 0. The summed E-state index contributed by atoms with van der Waals surface area (Å²) in [7, 11) is 1.30. The largest absolute Gasteiger partial charge is 0.482 e. The molecule has 0 atom stereocenters. The van der Waals surface area contributed by atoms with Crippen LogP contribution in [-0.2, 0) is 0 Å². The highest BCUT2D eigenvalue weighted by Gasteiger charge is 2.15. The first-order valence-corrected chi connectivity index (χ1v) is 4.39. The number of aromatic nitrogens is 1. The van der Waals surface area contributed by atoms with Crippen LogP contribution in [0.5, 0.6) is 5.88 Å². The van der Waals surface area contributed by atoms with Crippen molar-refractivity contribution in [1.82, 2.24) is 4.98 Å². The fourth-order valence-corrected chi connectivity index (χ4v) is 1.33. The van der Waals surface area contributed by atoms with Gasteiger partial charge in [0.05, 0.1) is 10.7 Å². The third-order valence-corrected chi connectivity index (χ3v) is 2.52. The minimum atomic E-state index is -2.70. The Morgan fingerprint density at radius 3 is 2.69 bits per heavy atom.